The van der Waals surface area contributed by atoms with E-state index in [0.29, 0.717) is 11.3 Å². The Morgan fingerprint density at radius 2 is 1.40 bits per heavy atom. The highest BCUT2D eigenvalue weighted by Crippen LogP contribution is 2.42. The highest BCUT2D eigenvalue weighted by Gasteiger charge is 2.23. The summed E-state index contributed by atoms with van der Waals surface area (Å²) in [5.41, 5.74) is 8.70. The molecule has 0 atom stereocenters. The highest BCUT2D eigenvalue weighted by molar-refractivity contribution is 5.90. The molecule has 0 unspecified atom stereocenters. The number of nitro benzene ring substituents is 1. The van der Waals surface area contributed by atoms with E-state index in [1.165, 1.54) is 12.1 Å². The van der Waals surface area contributed by atoms with Crippen LogP contribution in [0.1, 0.15) is 22.5 Å². The summed E-state index contributed by atoms with van der Waals surface area (Å²) in [6.45, 7) is 4.06. The number of aromatic nitrogens is 1. The first kappa shape index (κ1) is 27.2. The van der Waals surface area contributed by atoms with E-state index in [1.807, 2.05) is 105 Å². The molecule has 0 saturated carbocycles. The van der Waals surface area contributed by atoms with Crippen LogP contribution in [0.25, 0.3) is 39.3 Å². The van der Waals surface area contributed by atoms with Gasteiger partial charge in [-0.2, -0.15) is 5.26 Å². The van der Waals surface area contributed by atoms with Gasteiger partial charge in [0.2, 0.25) is 5.88 Å². The van der Waals surface area contributed by atoms with Gasteiger partial charge in [0.15, 0.2) is 0 Å². The molecule has 2 heterocycles. The quantitative estimate of drug-likeness (QED) is 0.110. The normalized spacial score (nSPS) is 11.1. The predicted molar refractivity (Wildman–Crippen MR) is 169 cm³/mol. The molecule has 208 valence electrons. The summed E-state index contributed by atoms with van der Waals surface area (Å²) in [5, 5.41) is 21.2. The van der Waals surface area contributed by atoms with Crippen LogP contribution >= 0.6 is 0 Å². The first-order chi connectivity index (χ1) is 20.9. The molecular formula is C36H26N4O3. The highest BCUT2D eigenvalue weighted by atomic mass is 16.6. The molecule has 6 aromatic rings. The Labute approximate surface area is 248 Å². The minimum absolute atomic E-state index is 0.0668. The maximum Gasteiger partial charge on any atom is 0.269 e. The van der Waals surface area contributed by atoms with E-state index in [9.17, 15) is 15.4 Å². The van der Waals surface area contributed by atoms with Crippen molar-refractivity contribution in [3.63, 3.8) is 0 Å². The first-order valence-electron chi connectivity index (χ1n) is 13.7. The molecule has 0 bridgehead atoms. The standard InChI is InChI=1S/C36H26N4O3/c1-24-21-30(25(2)39(24)31-17-13-26(14-18-31)27-15-19-32(20-16-27)40(41)42)23-38-36-33(22-37)34(28-9-5-3-6-10-28)35(43-36)29-11-7-4-8-12-29/h3-21,23H,1-2H3/b38-23+. The predicted octanol–water partition coefficient (Wildman–Crippen LogP) is 9.22. The van der Waals surface area contributed by atoms with Crippen LogP contribution in [0, 0.1) is 35.3 Å². The lowest BCUT2D eigenvalue weighted by atomic mass is 9.98. The number of hydrogen-bond acceptors (Lipinski definition) is 5. The van der Waals surface area contributed by atoms with Crippen molar-refractivity contribution >= 4 is 17.8 Å². The molecule has 0 aliphatic rings. The summed E-state index contributed by atoms with van der Waals surface area (Å²) in [6.07, 6.45) is 1.74. The second-order valence-electron chi connectivity index (χ2n) is 10.1. The third-order valence-corrected chi connectivity index (χ3v) is 7.43. The summed E-state index contributed by atoms with van der Waals surface area (Å²) in [6, 6.07) is 38.4. The van der Waals surface area contributed by atoms with Crippen molar-refractivity contribution in [3.05, 3.63) is 148 Å². The fourth-order valence-corrected chi connectivity index (χ4v) is 5.31. The number of nitrogens with zero attached hydrogens (tertiary/aromatic N) is 4. The van der Waals surface area contributed by atoms with E-state index >= 15 is 0 Å². The molecule has 0 aliphatic heterocycles. The zero-order valence-electron chi connectivity index (χ0n) is 23.6. The maximum atomic E-state index is 11.0. The molecule has 7 heteroatoms. The van der Waals surface area contributed by atoms with Gasteiger partial charge in [0.25, 0.3) is 5.69 Å². The van der Waals surface area contributed by atoms with Crippen LogP contribution in [0.5, 0.6) is 0 Å². The fourth-order valence-electron chi connectivity index (χ4n) is 5.31. The SMILES string of the molecule is Cc1cc(/C=N/c2oc(-c3ccccc3)c(-c3ccccc3)c2C#N)c(C)n1-c1ccc(-c2ccc([N+](=O)[O-])cc2)cc1. The van der Waals surface area contributed by atoms with Crippen LogP contribution in [0.4, 0.5) is 11.6 Å². The Balaban J connectivity index is 1.34. The summed E-state index contributed by atoms with van der Waals surface area (Å²) in [4.78, 5) is 15.3. The average molecular weight is 563 g/mol. The summed E-state index contributed by atoms with van der Waals surface area (Å²) in [7, 11) is 0. The topological polar surface area (TPSA) is 97.4 Å². The molecule has 43 heavy (non-hydrogen) atoms. The van der Waals surface area contributed by atoms with Crippen molar-refractivity contribution in [1.29, 1.82) is 5.26 Å². The van der Waals surface area contributed by atoms with Gasteiger partial charge in [0.1, 0.15) is 17.4 Å². The van der Waals surface area contributed by atoms with Crippen molar-refractivity contribution in [2.24, 2.45) is 4.99 Å². The van der Waals surface area contributed by atoms with Crippen LogP contribution in [0.2, 0.25) is 0 Å². The number of aryl methyl sites for hydroxylation is 1. The van der Waals surface area contributed by atoms with Gasteiger partial charge in [-0.25, -0.2) is 4.99 Å². The zero-order valence-corrected chi connectivity index (χ0v) is 23.6. The number of nitriles is 1. The zero-order chi connectivity index (χ0) is 29.9. The lowest BCUT2D eigenvalue weighted by Gasteiger charge is -2.11. The number of hydrogen-bond donors (Lipinski definition) is 0. The minimum Gasteiger partial charge on any atom is -0.436 e. The van der Waals surface area contributed by atoms with Gasteiger partial charge in [-0.3, -0.25) is 10.1 Å². The molecule has 0 spiro atoms. The van der Waals surface area contributed by atoms with E-state index in [4.69, 9.17) is 4.42 Å². The largest absolute Gasteiger partial charge is 0.436 e. The van der Waals surface area contributed by atoms with Crippen LogP contribution in [-0.4, -0.2) is 15.7 Å². The van der Waals surface area contributed by atoms with Crippen LogP contribution in [0.3, 0.4) is 0 Å². The Kier molecular flexibility index (Phi) is 7.25. The number of rotatable bonds is 7. The number of non-ortho nitro benzene ring substituents is 1. The van der Waals surface area contributed by atoms with Crippen molar-refractivity contribution in [1.82, 2.24) is 4.57 Å². The minimum atomic E-state index is -0.400. The number of aliphatic imine (C=N–C) groups is 1. The molecule has 0 saturated heterocycles. The molecule has 7 nitrogen and oxygen atoms in total. The first-order valence-corrected chi connectivity index (χ1v) is 13.7. The van der Waals surface area contributed by atoms with Gasteiger partial charge in [-0.1, -0.05) is 72.8 Å². The van der Waals surface area contributed by atoms with Crippen LogP contribution in [-0.2, 0) is 0 Å². The number of nitro groups is 1. The molecule has 0 aliphatic carbocycles. The van der Waals surface area contributed by atoms with Crippen molar-refractivity contribution in [2.75, 3.05) is 0 Å². The second kappa shape index (κ2) is 11.5. The lowest BCUT2D eigenvalue weighted by molar-refractivity contribution is -0.384. The Morgan fingerprint density at radius 1 is 0.814 bits per heavy atom. The molecule has 0 amide bonds. The molecule has 4 aromatic carbocycles. The van der Waals surface area contributed by atoms with E-state index in [-0.39, 0.29) is 11.6 Å². The third-order valence-electron chi connectivity index (χ3n) is 7.43. The molecule has 0 N–H and O–H groups in total. The van der Waals surface area contributed by atoms with E-state index < -0.39 is 4.92 Å². The van der Waals surface area contributed by atoms with Gasteiger partial charge >= 0.3 is 0 Å². The second-order valence-corrected chi connectivity index (χ2v) is 10.1. The fraction of sp³-hybridized carbons (Fsp3) is 0.0556. The average Bonchev–Trinajstić information content (AvgIpc) is 3.56. The van der Waals surface area contributed by atoms with E-state index in [1.54, 1.807) is 18.3 Å². The Bertz CT molecular complexity index is 2000. The summed E-state index contributed by atoms with van der Waals surface area (Å²) >= 11 is 0. The van der Waals surface area contributed by atoms with Crippen molar-refractivity contribution in [3.8, 4) is 45.3 Å². The van der Waals surface area contributed by atoms with Crippen LogP contribution < -0.4 is 0 Å². The third kappa shape index (κ3) is 5.25. The van der Waals surface area contributed by atoms with Gasteiger partial charge in [-0.15, -0.1) is 0 Å². The van der Waals surface area contributed by atoms with Crippen LogP contribution in [0.15, 0.2) is 125 Å². The van der Waals surface area contributed by atoms with Crippen molar-refractivity contribution in [2.45, 2.75) is 13.8 Å². The molecule has 0 radical (unpaired) electrons. The van der Waals surface area contributed by atoms with Gasteiger partial charge in [-0.05, 0) is 60.9 Å². The number of furan rings is 1. The van der Waals surface area contributed by atoms with Gasteiger partial charge < -0.3 is 8.98 Å². The van der Waals surface area contributed by atoms with Gasteiger partial charge in [0, 0.05) is 52.1 Å². The van der Waals surface area contributed by atoms with Gasteiger partial charge in [0.05, 0.1) is 4.92 Å². The van der Waals surface area contributed by atoms with Crippen molar-refractivity contribution < 1.29 is 9.34 Å². The van der Waals surface area contributed by atoms with E-state index in [0.717, 1.165) is 50.5 Å². The lowest BCUT2D eigenvalue weighted by Crippen LogP contribution is -1.99. The summed E-state index contributed by atoms with van der Waals surface area (Å²) in [5.74, 6) is 0.867. The van der Waals surface area contributed by atoms with E-state index in [2.05, 4.69) is 15.6 Å². The molecular weight excluding hydrogens is 536 g/mol. The smallest absolute Gasteiger partial charge is 0.269 e. The Morgan fingerprint density at radius 3 is 1.98 bits per heavy atom. The Hall–Kier alpha value is -6.00. The monoisotopic (exact) mass is 562 g/mol. The number of benzene rings is 4. The maximum absolute atomic E-state index is 11.0. The molecule has 6 rings (SSSR count). The molecule has 2 aromatic heterocycles. The molecule has 0 fully saturated rings. The summed E-state index contributed by atoms with van der Waals surface area (Å²) < 4.78 is 8.41.